The maximum atomic E-state index is 5.91. The lowest BCUT2D eigenvalue weighted by molar-refractivity contribution is 0.435. The summed E-state index contributed by atoms with van der Waals surface area (Å²) in [6.07, 6.45) is 1.62. The zero-order valence-corrected chi connectivity index (χ0v) is 11.8. The van der Waals surface area contributed by atoms with Crippen molar-refractivity contribution >= 4 is 21.8 Å². The van der Waals surface area contributed by atoms with Crippen molar-refractivity contribution < 1.29 is 8.94 Å². The van der Waals surface area contributed by atoms with Crippen molar-refractivity contribution in [3.63, 3.8) is 0 Å². The Bertz CT molecular complexity index is 731. The van der Waals surface area contributed by atoms with Crippen LogP contribution in [0.1, 0.15) is 5.56 Å². The Balaban J connectivity index is 2.26. The van der Waals surface area contributed by atoms with E-state index in [1.165, 1.54) is 0 Å². The summed E-state index contributed by atoms with van der Waals surface area (Å²) in [4.78, 5) is 0. The van der Waals surface area contributed by atoms with Gasteiger partial charge in [0.05, 0.1) is 11.8 Å². The number of hydrogen-bond acceptors (Lipinski definition) is 4. The van der Waals surface area contributed by atoms with E-state index < -0.39 is 0 Å². The van der Waals surface area contributed by atoms with E-state index >= 15 is 0 Å². The first-order valence-corrected chi connectivity index (χ1v) is 6.52. The van der Waals surface area contributed by atoms with Crippen molar-refractivity contribution in [2.24, 2.45) is 0 Å². The average Bonchev–Trinajstić information content (AvgIpc) is 2.96. The van der Waals surface area contributed by atoms with Gasteiger partial charge in [0.2, 0.25) is 5.88 Å². The molecule has 2 aromatic heterocycles. The second-order valence-corrected chi connectivity index (χ2v) is 5.04. The van der Waals surface area contributed by atoms with Crippen LogP contribution in [0.3, 0.4) is 0 Å². The first-order valence-electron chi connectivity index (χ1n) is 5.73. The molecule has 0 spiro atoms. The van der Waals surface area contributed by atoms with Gasteiger partial charge >= 0.3 is 0 Å². The topological polar surface area (TPSA) is 65.2 Å². The van der Waals surface area contributed by atoms with Crippen molar-refractivity contribution in [1.29, 1.82) is 0 Å². The fourth-order valence-corrected chi connectivity index (χ4v) is 2.48. The number of nitrogen functional groups attached to an aromatic ring is 1. The van der Waals surface area contributed by atoms with Crippen LogP contribution >= 0.6 is 15.9 Å². The van der Waals surface area contributed by atoms with Crippen LogP contribution in [0.2, 0.25) is 0 Å². The summed E-state index contributed by atoms with van der Waals surface area (Å²) in [7, 11) is 0. The van der Waals surface area contributed by atoms with Crippen LogP contribution in [0, 0.1) is 6.92 Å². The Hall–Kier alpha value is -2.01. The molecule has 2 N–H and O–H groups in total. The highest BCUT2D eigenvalue weighted by Gasteiger charge is 2.22. The Kier molecular flexibility index (Phi) is 2.91. The number of halogens is 1. The van der Waals surface area contributed by atoms with Gasteiger partial charge in [-0.3, -0.25) is 0 Å². The Morgan fingerprint density at radius 3 is 2.68 bits per heavy atom. The highest BCUT2D eigenvalue weighted by Crippen LogP contribution is 2.40. The third kappa shape index (κ3) is 1.96. The van der Waals surface area contributed by atoms with E-state index in [2.05, 4.69) is 21.1 Å². The molecule has 0 radical (unpaired) electrons. The number of furan rings is 1. The van der Waals surface area contributed by atoms with Crippen molar-refractivity contribution in [3.05, 3.63) is 46.6 Å². The van der Waals surface area contributed by atoms with Crippen LogP contribution in [0.5, 0.6) is 0 Å². The maximum Gasteiger partial charge on any atom is 0.230 e. The van der Waals surface area contributed by atoms with Crippen molar-refractivity contribution in [2.45, 2.75) is 6.92 Å². The Labute approximate surface area is 118 Å². The molecule has 5 heteroatoms. The SMILES string of the molecule is Cc1ccoc1-c1noc(N)c1-c1ccccc1Br. The lowest BCUT2D eigenvalue weighted by Gasteiger charge is -2.04. The zero-order chi connectivity index (χ0) is 13.4. The molecule has 3 aromatic rings. The molecular weight excluding hydrogens is 308 g/mol. The normalized spacial score (nSPS) is 10.8. The van der Waals surface area contributed by atoms with E-state index in [4.69, 9.17) is 14.7 Å². The molecule has 1 aromatic carbocycles. The molecule has 19 heavy (non-hydrogen) atoms. The molecule has 0 fully saturated rings. The molecule has 0 saturated carbocycles. The van der Waals surface area contributed by atoms with Crippen molar-refractivity contribution in [1.82, 2.24) is 5.16 Å². The molecule has 0 aliphatic heterocycles. The van der Waals surface area contributed by atoms with Crippen molar-refractivity contribution in [3.8, 4) is 22.6 Å². The predicted octanol–water partition coefficient (Wildman–Crippen LogP) is 4.25. The highest BCUT2D eigenvalue weighted by molar-refractivity contribution is 9.10. The van der Waals surface area contributed by atoms with Gasteiger partial charge in [0.15, 0.2) is 11.5 Å². The molecule has 4 nitrogen and oxygen atoms in total. The first-order chi connectivity index (χ1) is 9.18. The smallest absolute Gasteiger partial charge is 0.230 e. The minimum absolute atomic E-state index is 0.276. The fourth-order valence-electron chi connectivity index (χ4n) is 2.00. The van der Waals surface area contributed by atoms with Crippen LogP contribution in [0.4, 0.5) is 5.88 Å². The van der Waals surface area contributed by atoms with E-state index in [0.717, 1.165) is 21.2 Å². The molecule has 0 aliphatic carbocycles. The summed E-state index contributed by atoms with van der Waals surface area (Å²) in [5, 5.41) is 4.02. The van der Waals surface area contributed by atoms with E-state index in [1.54, 1.807) is 6.26 Å². The van der Waals surface area contributed by atoms with Crippen molar-refractivity contribution in [2.75, 3.05) is 5.73 Å². The van der Waals surface area contributed by atoms with Gasteiger partial charge in [-0.2, -0.15) is 0 Å². The number of hydrogen-bond donors (Lipinski definition) is 1. The molecule has 96 valence electrons. The number of benzene rings is 1. The summed E-state index contributed by atoms with van der Waals surface area (Å²) in [6, 6.07) is 9.65. The van der Waals surface area contributed by atoms with Gasteiger partial charge in [-0.1, -0.05) is 39.3 Å². The van der Waals surface area contributed by atoms with Gasteiger partial charge in [-0.25, -0.2) is 0 Å². The standard InChI is InChI=1S/C14H11BrN2O2/c1-8-6-7-18-13(8)12-11(14(16)19-17-12)9-4-2-3-5-10(9)15/h2-7H,16H2,1H3. The Morgan fingerprint density at radius 2 is 2.00 bits per heavy atom. The lowest BCUT2D eigenvalue weighted by atomic mass is 10.0. The van der Waals surface area contributed by atoms with Gasteiger partial charge in [0.25, 0.3) is 0 Å². The molecule has 2 heterocycles. The van der Waals surface area contributed by atoms with Gasteiger partial charge in [-0.15, -0.1) is 0 Å². The predicted molar refractivity (Wildman–Crippen MR) is 76.5 cm³/mol. The minimum atomic E-state index is 0.276. The molecular formula is C14H11BrN2O2. The monoisotopic (exact) mass is 318 g/mol. The third-order valence-corrected chi connectivity index (χ3v) is 3.63. The summed E-state index contributed by atoms with van der Waals surface area (Å²) in [6.45, 7) is 1.95. The number of aryl methyl sites for hydroxylation is 1. The molecule has 0 unspecified atom stereocenters. The van der Waals surface area contributed by atoms with Crippen LogP contribution in [0.15, 0.2) is 50.0 Å². The highest BCUT2D eigenvalue weighted by atomic mass is 79.9. The van der Waals surface area contributed by atoms with Crippen LogP contribution in [0.25, 0.3) is 22.6 Å². The third-order valence-electron chi connectivity index (χ3n) is 2.94. The maximum absolute atomic E-state index is 5.91. The summed E-state index contributed by atoms with van der Waals surface area (Å²) in [5.74, 6) is 0.948. The lowest BCUT2D eigenvalue weighted by Crippen LogP contribution is -1.88. The van der Waals surface area contributed by atoms with Crippen LogP contribution in [-0.2, 0) is 0 Å². The first kappa shape index (κ1) is 12.0. The minimum Gasteiger partial charge on any atom is -0.462 e. The largest absolute Gasteiger partial charge is 0.462 e. The fraction of sp³-hybridized carbons (Fsp3) is 0.0714. The molecule has 0 aliphatic rings. The molecule has 0 atom stereocenters. The second kappa shape index (κ2) is 4.59. The number of aromatic nitrogens is 1. The summed E-state index contributed by atoms with van der Waals surface area (Å²) >= 11 is 3.51. The molecule has 0 amide bonds. The van der Waals surface area contributed by atoms with Gasteiger partial charge in [-0.05, 0) is 24.6 Å². The summed E-state index contributed by atoms with van der Waals surface area (Å²) in [5.41, 5.74) is 9.18. The number of rotatable bonds is 2. The van der Waals surface area contributed by atoms with E-state index in [9.17, 15) is 0 Å². The number of nitrogens with two attached hydrogens (primary N) is 1. The van der Waals surface area contributed by atoms with E-state index in [1.807, 2.05) is 37.3 Å². The van der Waals surface area contributed by atoms with E-state index in [0.29, 0.717) is 11.5 Å². The molecule has 3 rings (SSSR count). The molecule has 0 saturated heterocycles. The number of nitrogens with zero attached hydrogens (tertiary/aromatic N) is 1. The van der Waals surface area contributed by atoms with Gasteiger partial charge in [0.1, 0.15) is 0 Å². The van der Waals surface area contributed by atoms with Gasteiger partial charge < -0.3 is 14.7 Å². The zero-order valence-electron chi connectivity index (χ0n) is 10.2. The average molecular weight is 319 g/mol. The van der Waals surface area contributed by atoms with Crippen LogP contribution in [-0.4, -0.2) is 5.16 Å². The second-order valence-electron chi connectivity index (χ2n) is 4.18. The summed E-state index contributed by atoms with van der Waals surface area (Å²) < 4.78 is 11.5. The van der Waals surface area contributed by atoms with Gasteiger partial charge in [0, 0.05) is 10.0 Å². The quantitative estimate of drug-likeness (QED) is 0.766. The number of anilines is 1. The Morgan fingerprint density at radius 1 is 1.21 bits per heavy atom. The van der Waals surface area contributed by atoms with Crippen LogP contribution < -0.4 is 5.73 Å². The molecule has 0 bridgehead atoms. The van der Waals surface area contributed by atoms with E-state index in [-0.39, 0.29) is 5.88 Å².